The van der Waals surface area contributed by atoms with Crippen LogP contribution in [0.4, 0.5) is 0 Å². The van der Waals surface area contributed by atoms with Crippen LogP contribution in [-0.2, 0) is 9.53 Å². The Kier molecular flexibility index (Phi) is 6.54. The van der Waals surface area contributed by atoms with Crippen molar-refractivity contribution in [3.8, 4) is 0 Å². The molecular formula is C19H27NO2. The summed E-state index contributed by atoms with van der Waals surface area (Å²) in [5.74, 6) is -0.0961. The highest BCUT2D eigenvalue weighted by Gasteiger charge is 2.15. The van der Waals surface area contributed by atoms with Gasteiger partial charge in [0.2, 0.25) is 0 Å². The van der Waals surface area contributed by atoms with Gasteiger partial charge in [-0.25, -0.2) is 4.79 Å². The fourth-order valence-electron chi connectivity index (χ4n) is 1.94. The second kappa shape index (κ2) is 7.92. The SMILES string of the molecule is C/C(=C\C(N=CC(=O)OC(C)(C)C)C(C)C)c1ccccc1. The summed E-state index contributed by atoms with van der Waals surface area (Å²) >= 11 is 0. The molecule has 3 heteroatoms. The van der Waals surface area contributed by atoms with Gasteiger partial charge in [0, 0.05) is 0 Å². The Bertz CT molecular complexity index is 536. The summed E-state index contributed by atoms with van der Waals surface area (Å²) in [5.41, 5.74) is 1.83. The highest BCUT2D eigenvalue weighted by molar-refractivity contribution is 6.23. The molecule has 0 amide bonds. The summed E-state index contributed by atoms with van der Waals surface area (Å²) in [6, 6.07) is 10.1. The van der Waals surface area contributed by atoms with Crippen molar-refractivity contribution in [2.45, 2.75) is 53.2 Å². The lowest BCUT2D eigenvalue weighted by atomic mass is 9.99. The predicted octanol–water partition coefficient (Wildman–Crippen LogP) is 4.53. The number of hydrogen-bond donors (Lipinski definition) is 0. The van der Waals surface area contributed by atoms with E-state index < -0.39 is 11.6 Å². The maximum atomic E-state index is 11.7. The maximum absolute atomic E-state index is 11.7. The molecule has 0 bridgehead atoms. The standard InChI is InChI=1S/C19H27NO2/c1-14(2)17(20-13-18(21)22-19(4,5)6)12-15(3)16-10-8-7-9-11-16/h7-14,17H,1-6H3/b15-12+,20-13?. The van der Waals surface area contributed by atoms with E-state index in [0.717, 1.165) is 5.57 Å². The van der Waals surface area contributed by atoms with E-state index in [2.05, 4.69) is 44.0 Å². The van der Waals surface area contributed by atoms with Crippen molar-refractivity contribution >= 4 is 17.8 Å². The van der Waals surface area contributed by atoms with Crippen LogP contribution in [0.5, 0.6) is 0 Å². The molecule has 0 saturated carbocycles. The van der Waals surface area contributed by atoms with E-state index in [1.807, 2.05) is 39.0 Å². The Balaban J connectivity index is 2.84. The van der Waals surface area contributed by atoms with Crippen LogP contribution in [0.25, 0.3) is 5.57 Å². The number of benzene rings is 1. The normalized spacial score (nSPS) is 14.4. The zero-order chi connectivity index (χ0) is 16.8. The molecule has 1 rings (SSSR count). The molecule has 0 fully saturated rings. The van der Waals surface area contributed by atoms with Gasteiger partial charge in [-0.2, -0.15) is 0 Å². The number of carbonyl (C=O) groups excluding carboxylic acids is 1. The van der Waals surface area contributed by atoms with Crippen molar-refractivity contribution in [1.29, 1.82) is 0 Å². The second-order valence-corrected chi connectivity index (χ2v) is 6.76. The summed E-state index contributed by atoms with van der Waals surface area (Å²) in [4.78, 5) is 16.1. The molecule has 1 atom stereocenters. The van der Waals surface area contributed by atoms with E-state index >= 15 is 0 Å². The number of ether oxygens (including phenoxy) is 1. The molecule has 0 aromatic heterocycles. The third-order valence-corrected chi connectivity index (χ3v) is 3.09. The zero-order valence-corrected chi connectivity index (χ0v) is 14.5. The number of hydrogen-bond acceptors (Lipinski definition) is 3. The highest BCUT2D eigenvalue weighted by atomic mass is 16.6. The van der Waals surface area contributed by atoms with Crippen LogP contribution in [0.15, 0.2) is 41.4 Å². The summed E-state index contributed by atoms with van der Waals surface area (Å²) in [6.07, 6.45) is 3.39. The van der Waals surface area contributed by atoms with Crippen LogP contribution in [0.3, 0.4) is 0 Å². The van der Waals surface area contributed by atoms with Crippen molar-refractivity contribution < 1.29 is 9.53 Å². The summed E-state index contributed by atoms with van der Waals surface area (Å²) in [6.45, 7) is 11.8. The second-order valence-electron chi connectivity index (χ2n) is 6.76. The van der Waals surface area contributed by atoms with Crippen LogP contribution >= 0.6 is 0 Å². The Hall–Kier alpha value is -1.90. The smallest absolute Gasteiger partial charge is 0.349 e. The molecule has 0 aliphatic heterocycles. The Morgan fingerprint density at radius 2 is 1.77 bits per heavy atom. The molecule has 1 aromatic rings. The Morgan fingerprint density at radius 1 is 1.18 bits per heavy atom. The quantitative estimate of drug-likeness (QED) is 0.592. The first-order chi connectivity index (χ1) is 10.2. The van der Waals surface area contributed by atoms with Crippen molar-refractivity contribution in [1.82, 2.24) is 0 Å². The lowest BCUT2D eigenvalue weighted by molar-refractivity contribution is -0.145. The lowest BCUT2D eigenvalue weighted by Gasteiger charge is -2.18. The van der Waals surface area contributed by atoms with Crippen molar-refractivity contribution in [3.63, 3.8) is 0 Å². The van der Waals surface area contributed by atoms with E-state index in [9.17, 15) is 4.79 Å². The minimum absolute atomic E-state index is 0.0484. The van der Waals surface area contributed by atoms with Gasteiger partial charge in [0.05, 0.1) is 6.04 Å². The first kappa shape index (κ1) is 18.1. The molecule has 0 radical (unpaired) electrons. The fourth-order valence-corrected chi connectivity index (χ4v) is 1.94. The third-order valence-electron chi connectivity index (χ3n) is 3.09. The molecule has 120 valence electrons. The van der Waals surface area contributed by atoms with E-state index in [0.29, 0.717) is 5.92 Å². The number of rotatable bonds is 5. The van der Waals surface area contributed by atoms with Gasteiger partial charge >= 0.3 is 5.97 Å². The van der Waals surface area contributed by atoms with Crippen LogP contribution in [0, 0.1) is 5.92 Å². The molecule has 3 nitrogen and oxygen atoms in total. The molecule has 22 heavy (non-hydrogen) atoms. The van der Waals surface area contributed by atoms with E-state index in [1.54, 1.807) is 0 Å². The number of esters is 1. The molecule has 0 N–H and O–H groups in total. The summed E-state index contributed by atoms with van der Waals surface area (Å²) in [5, 5.41) is 0. The number of carbonyl (C=O) groups is 1. The molecule has 1 unspecified atom stereocenters. The van der Waals surface area contributed by atoms with Gasteiger partial charge in [-0.15, -0.1) is 0 Å². The largest absolute Gasteiger partial charge is 0.456 e. The van der Waals surface area contributed by atoms with E-state index in [4.69, 9.17) is 4.74 Å². The summed E-state index contributed by atoms with van der Waals surface area (Å²) in [7, 11) is 0. The van der Waals surface area contributed by atoms with Crippen LogP contribution in [0.1, 0.15) is 47.1 Å². The van der Waals surface area contributed by atoms with Gasteiger partial charge in [-0.05, 0) is 44.7 Å². The first-order valence-corrected chi connectivity index (χ1v) is 7.69. The number of allylic oxidation sites excluding steroid dienone is 1. The number of aliphatic imine (C=N–C) groups is 1. The fraction of sp³-hybridized carbons (Fsp3) is 0.474. The topological polar surface area (TPSA) is 38.7 Å². The van der Waals surface area contributed by atoms with Crippen molar-refractivity contribution in [2.24, 2.45) is 10.9 Å². The Labute approximate surface area is 134 Å². The van der Waals surface area contributed by atoms with Gasteiger partial charge < -0.3 is 4.74 Å². The maximum Gasteiger partial charge on any atom is 0.349 e. The van der Waals surface area contributed by atoms with E-state index in [1.165, 1.54) is 11.8 Å². The highest BCUT2D eigenvalue weighted by Crippen LogP contribution is 2.18. The van der Waals surface area contributed by atoms with Gasteiger partial charge in [-0.1, -0.05) is 50.3 Å². The third kappa shape index (κ3) is 6.70. The zero-order valence-electron chi connectivity index (χ0n) is 14.5. The molecular weight excluding hydrogens is 274 g/mol. The average Bonchev–Trinajstić information content (AvgIpc) is 2.41. The van der Waals surface area contributed by atoms with Crippen LogP contribution in [-0.4, -0.2) is 23.8 Å². The van der Waals surface area contributed by atoms with Gasteiger partial charge in [0.15, 0.2) is 0 Å². The lowest BCUT2D eigenvalue weighted by Crippen LogP contribution is -2.25. The monoisotopic (exact) mass is 301 g/mol. The van der Waals surface area contributed by atoms with E-state index in [-0.39, 0.29) is 6.04 Å². The minimum Gasteiger partial charge on any atom is -0.456 e. The summed E-state index contributed by atoms with van der Waals surface area (Å²) < 4.78 is 5.25. The van der Waals surface area contributed by atoms with Crippen molar-refractivity contribution in [3.05, 3.63) is 42.0 Å². The molecule has 1 aromatic carbocycles. The van der Waals surface area contributed by atoms with Gasteiger partial charge in [-0.3, -0.25) is 4.99 Å². The van der Waals surface area contributed by atoms with Crippen LogP contribution < -0.4 is 0 Å². The molecule has 0 spiro atoms. The van der Waals surface area contributed by atoms with Gasteiger partial charge in [0.1, 0.15) is 11.8 Å². The Morgan fingerprint density at radius 3 is 2.27 bits per heavy atom. The molecule has 0 saturated heterocycles. The average molecular weight is 301 g/mol. The molecule has 0 heterocycles. The predicted molar refractivity (Wildman–Crippen MR) is 93.1 cm³/mol. The van der Waals surface area contributed by atoms with Crippen molar-refractivity contribution in [2.75, 3.05) is 0 Å². The van der Waals surface area contributed by atoms with Crippen LogP contribution in [0.2, 0.25) is 0 Å². The van der Waals surface area contributed by atoms with Gasteiger partial charge in [0.25, 0.3) is 0 Å². The first-order valence-electron chi connectivity index (χ1n) is 7.69. The number of nitrogens with zero attached hydrogens (tertiary/aromatic N) is 1. The minimum atomic E-state index is -0.494. The molecule has 0 aliphatic carbocycles. The molecule has 0 aliphatic rings.